The number of carbonyl (C=O) groups excluding carboxylic acids is 2. The van der Waals surface area contributed by atoms with Crippen molar-refractivity contribution >= 4 is 50.1 Å². The smallest absolute Gasteiger partial charge is 0.281 e. The molecule has 1 fully saturated rings. The lowest BCUT2D eigenvalue weighted by Gasteiger charge is -2.13. The molecular formula is C14H15N3O2S2. The molecule has 1 N–H and O–H groups in total. The molecule has 21 heavy (non-hydrogen) atoms. The van der Waals surface area contributed by atoms with Crippen molar-refractivity contribution in [1.29, 1.82) is 0 Å². The SMILES string of the molecule is Cc1nc2ccc(NC(=O)CCN3CCSC3=O)cc2s1. The monoisotopic (exact) mass is 321 g/mol. The van der Waals surface area contributed by atoms with Gasteiger partial charge in [0.1, 0.15) is 0 Å². The molecule has 3 rings (SSSR count). The zero-order valence-electron chi connectivity index (χ0n) is 11.6. The van der Waals surface area contributed by atoms with Gasteiger partial charge in [-0.05, 0) is 25.1 Å². The summed E-state index contributed by atoms with van der Waals surface area (Å²) in [6, 6.07) is 5.71. The maximum Gasteiger partial charge on any atom is 0.281 e. The predicted octanol–water partition coefficient (Wildman–Crippen LogP) is 3.10. The van der Waals surface area contributed by atoms with Crippen molar-refractivity contribution in [1.82, 2.24) is 9.88 Å². The molecule has 1 aromatic heterocycles. The average molecular weight is 321 g/mol. The fraction of sp³-hybridized carbons (Fsp3) is 0.357. The van der Waals surface area contributed by atoms with Crippen LogP contribution in [0.3, 0.4) is 0 Å². The van der Waals surface area contributed by atoms with Gasteiger partial charge in [-0.15, -0.1) is 11.3 Å². The third-order valence-electron chi connectivity index (χ3n) is 3.23. The van der Waals surface area contributed by atoms with Crippen LogP contribution in [0.1, 0.15) is 11.4 Å². The van der Waals surface area contributed by atoms with Crippen LogP contribution in [0, 0.1) is 6.92 Å². The molecule has 1 aromatic carbocycles. The van der Waals surface area contributed by atoms with Crippen molar-refractivity contribution in [3.05, 3.63) is 23.2 Å². The summed E-state index contributed by atoms with van der Waals surface area (Å²) in [5, 5.41) is 3.96. The van der Waals surface area contributed by atoms with Crippen molar-refractivity contribution in [2.24, 2.45) is 0 Å². The first-order valence-electron chi connectivity index (χ1n) is 6.70. The summed E-state index contributed by atoms with van der Waals surface area (Å²) in [6.07, 6.45) is 0.325. The number of thiazole rings is 1. The molecule has 5 nitrogen and oxygen atoms in total. The molecule has 0 spiro atoms. The van der Waals surface area contributed by atoms with E-state index < -0.39 is 0 Å². The summed E-state index contributed by atoms with van der Waals surface area (Å²) in [6.45, 7) is 3.19. The lowest BCUT2D eigenvalue weighted by atomic mass is 10.3. The standard InChI is InChI=1S/C14H15N3O2S2/c1-9-15-11-3-2-10(8-12(11)21-9)16-13(18)4-5-17-6-7-20-14(17)19/h2-3,8H,4-7H2,1H3,(H,16,18). The second-order valence-electron chi connectivity index (χ2n) is 4.81. The number of nitrogens with one attached hydrogen (secondary N) is 1. The Morgan fingerprint density at radius 1 is 1.48 bits per heavy atom. The van der Waals surface area contributed by atoms with Gasteiger partial charge < -0.3 is 10.2 Å². The van der Waals surface area contributed by atoms with Crippen molar-refractivity contribution in [3.8, 4) is 0 Å². The highest BCUT2D eigenvalue weighted by Crippen LogP contribution is 2.25. The van der Waals surface area contributed by atoms with Crippen molar-refractivity contribution in [2.75, 3.05) is 24.2 Å². The molecule has 0 bridgehead atoms. The topological polar surface area (TPSA) is 62.3 Å². The van der Waals surface area contributed by atoms with Gasteiger partial charge in [0.25, 0.3) is 5.24 Å². The number of amides is 2. The Bertz CT molecular complexity index is 699. The van der Waals surface area contributed by atoms with Crippen LogP contribution in [0.4, 0.5) is 10.5 Å². The molecule has 2 amide bonds. The van der Waals surface area contributed by atoms with E-state index in [0.717, 1.165) is 33.2 Å². The van der Waals surface area contributed by atoms with Crippen LogP contribution in [0.25, 0.3) is 10.2 Å². The Hall–Kier alpha value is -1.60. The molecule has 110 valence electrons. The van der Waals surface area contributed by atoms with Gasteiger partial charge in [0, 0.05) is 31.0 Å². The maximum absolute atomic E-state index is 11.9. The molecule has 0 radical (unpaired) electrons. The van der Waals surface area contributed by atoms with E-state index in [4.69, 9.17) is 0 Å². The van der Waals surface area contributed by atoms with Gasteiger partial charge in [-0.25, -0.2) is 4.98 Å². The van der Waals surface area contributed by atoms with E-state index in [1.54, 1.807) is 16.2 Å². The Labute approximate surface area is 130 Å². The minimum atomic E-state index is -0.0692. The predicted molar refractivity (Wildman–Crippen MR) is 87.0 cm³/mol. The number of aromatic nitrogens is 1. The Morgan fingerprint density at radius 2 is 2.33 bits per heavy atom. The molecule has 1 saturated heterocycles. The van der Waals surface area contributed by atoms with Crippen LogP contribution in [0.5, 0.6) is 0 Å². The summed E-state index contributed by atoms with van der Waals surface area (Å²) < 4.78 is 1.07. The molecule has 0 unspecified atom stereocenters. The quantitative estimate of drug-likeness (QED) is 0.940. The van der Waals surface area contributed by atoms with Gasteiger partial charge in [0.05, 0.1) is 15.2 Å². The van der Waals surface area contributed by atoms with Crippen LogP contribution >= 0.6 is 23.1 Å². The number of anilines is 1. The Kier molecular flexibility index (Phi) is 4.12. The largest absolute Gasteiger partial charge is 0.332 e. The highest BCUT2D eigenvalue weighted by Gasteiger charge is 2.21. The van der Waals surface area contributed by atoms with Gasteiger partial charge in [-0.2, -0.15) is 0 Å². The van der Waals surface area contributed by atoms with Crippen molar-refractivity contribution in [2.45, 2.75) is 13.3 Å². The minimum absolute atomic E-state index is 0.0692. The molecule has 0 atom stereocenters. The van der Waals surface area contributed by atoms with E-state index in [2.05, 4.69) is 10.3 Å². The number of rotatable bonds is 4. The third-order valence-corrected chi connectivity index (χ3v) is 5.06. The highest BCUT2D eigenvalue weighted by molar-refractivity contribution is 8.13. The van der Waals surface area contributed by atoms with Crippen molar-refractivity contribution in [3.63, 3.8) is 0 Å². The number of benzene rings is 1. The van der Waals surface area contributed by atoms with Crippen LogP contribution in [0.15, 0.2) is 18.2 Å². The number of aryl methyl sites for hydroxylation is 1. The molecular weight excluding hydrogens is 306 g/mol. The zero-order valence-corrected chi connectivity index (χ0v) is 13.2. The number of thioether (sulfide) groups is 1. The van der Waals surface area contributed by atoms with Crippen LogP contribution in [-0.2, 0) is 4.79 Å². The van der Waals surface area contributed by atoms with Crippen molar-refractivity contribution < 1.29 is 9.59 Å². The normalized spacial score (nSPS) is 14.9. The molecule has 0 saturated carbocycles. The first-order valence-corrected chi connectivity index (χ1v) is 8.51. The minimum Gasteiger partial charge on any atom is -0.332 e. The highest BCUT2D eigenvalue weighted by atomic mass is 32.2. The van der Waals surface area contributed by atoms with Gasteiger partial charge in [0.2, 0.25) is 5.91 Å². The van der Waals surface area contributed by atoms with E-state index >= 15 is 0 Å². The number of hydrogen-bond acceptors (Lipinski definition) is 5. The molecule has 2 aromatic rings. The number of hydrogen-bond donors (Lipinski definition) is 1. The summed E-state index contributed by atoms with van der Waals surface area (Å²) in [5.74, 6) is 0.752. The van der Waals surface area contributed by atoms with E-state index in [1.165, 1.54) is 11.8 Å². The first-order chi connectivity index (χ1) is 10.1. The van der Waals surface area contributed by atoms with E-state index in [9.17, 15) is 9.59 Å². The lowest BCUT2D eigenvalue weighted by Crippen LogP contribution is -2.27. The maximum atomic E-state index is 11.9. The van der Waals surface area contributed by atoms with E-state index in [-0.39, 0.29) is 11.1 Å². The van der Waals surface area contributed by atoms with Gasteiger partial charge in [-0.1, -0.05) is 11.8 Å². The Balaban J connectivity index is 1.59. The molecule has 1 aliphatic heterocycles. The third kappa shape index (κ3) is 3.36. The summed E-state index contributed by atoms with van der Waals surface area (Å²) in [7, 11) is 0. The van der Waals surface area contributed by atoms with Crippen LogP contribution in [-0.4, -0.2) is 39.9 Å². The van der Waals surface area contributed by atoms with Gasteiger partial charge in [0.15, 0.2) is 0 Å². The van der Waals surface area contributed by atoms with Crippen LogP contribution < -0.4 is 5.32 Å². The summed E-state index contributed by atoms with van der Waals surface area (Å²) in [4.78, 5) is 29.5. The summed E-state index contributed by atoms with van der Waals surface area (Å²) in [5.41, 5.74) is 1.73. The zero-order chi connectivity index (χ0) is 14.8. The fourth-order valence-corrected chi connectivity index (χ4v) is 3.92. The summed E-state index contributed by atoms with van der Waals surface area (Å²) >= 11 is 2.92. The second kappa shape index (κ2) is 6.03. The molecule has 0 aliphatic carbocycles. The van der Waals surface area contributed by atoms with E-state index in [1.807, 2.05) is 25.1 Å². The number of nitrogens with zero attached hydrogens (tertiary/aromatic N) is 2. The van der Waals surface area contributed by atoms with Gasteiger partial charge >= 0.3 is 0 Å². The van der Waals surface area contributed by atoms with Gasteiger partial charge in [-0.3, -0.25) is 9.59 Å². The number of carbonyl (C=O) groups is 2. The molecule has 1 aliphatic rings. The average Bonchev–Trinajstić information content (AvgIpc) is 3.00. The lowest BCUT2D eigenvalue weighted by molar-refractivity contribution is -0.116. The van der Waals surface area contributed by atoms with E-state index in [0.29, 0.717) is 13.0 Å². The number of fused-ring (bicyclic) bond motifs is 1. The first kappa shape index (κ1) is 14.3. The molecule has 7 heteroatoms. The molecule has 2 heterocycles. The second-order valence-corrected chi connectivity index (χ2v) is 7.10. The Morgan fingerprint density at radius 3 is 3.10 bits per heavy atom. The fourth-order valence-electron chi connectivity index (χ4n) is 2.21. The van der Waals surface area contributed by atoms with Crippen LogP contribution in [0.2, 0.25) is 0 Å².